The average molecular weight is 293 g/mol. The summed E-state index contributed by atoms with van der Waals surface area (Å²) < 4.78 is 5.13. The van der Waals surface area contributed by atoms with Gasteiger partial charge in [-0.3, -0.25) is 4.79 Å². The van der Waals surface area contributed by atoms with Crippen molar-refractivity contribution in [3.05, 3.63) is 36.4 Å². The third-order valence-corrected chi connectivity index (χ3v) is 3.97. The van der Waals surface area contributed by atoms with Crippen molar-refractivity contribution in [3.63, 3.8) is 0 Å². The minimum Gasteiger partial charge on any atom is -0.497 e. The standard InChI is InChI=1S/C16H23NO2S/c1-6-17(11-12(2)3)16(18)13(4)20-15-9-7-14(19-5)8-10-15/h7-10,13H,2,6,11H2,1,3-5H3. The number of methoxy groups -OCH3 is 1. The van der Waals surface area contributed by atoms with Gasteiger partial charge in [0.05, 0.1) is 12.4 Å². The van der Waals surface area contributed by atoms with Crippen molar-refractivity contribution in [1.82, 2.24) is 4.90 Å². The van der Waals surface area contributed by atoms with E-state index in [0.717, 1.165) is 16.2 Å². The van der Waals surface area contributed by atoms with Crippen LogP contribution in [0.2, 0.25) is 0 Å². The Morgan fingerprint density at radius 3 is 2.45 bits per heavy atom. The van der Waals surface area contributed by atoms with Crippen LogP contribution in [-0.4, -0.2) is 36.3 Å². The molecule has 0 aromatic heterocycles. The molecule has 0 heterocycles. The Hall–Kier alpha value is -1.42. The number of carbonyl (C=O) groups excluding carboxylic acids is 1. The van der Waals surface area contributed by atoms with Crippen LogP contribution in [0.5, 0.6) is 5.75 Å². The van der Waals surface area contributed by atoms with Crippen molar-refractivity contribution >= 4 is 17.7 Å². The van der Waals surface area contributed by atoms with Crippen LogP contribution >= 0.6 is 11.8 Å². The first-order valence-corrected chi connectivity index (χ1v) is 7.59. The van der Waals surface area contributed by atoms with E-state index < -0.39 is 0 Å². The van der Waals surface area contributed by atoms with Crippen LogP contribution in [0.3, 0.4) is 0 Å². The van der Waals surface area contributed by atoms with Gasteiger partial charge in [0.25, 0.3) is 0 Å². The summed E-state index contributed by atoms with van der Waals surface area (Å²) in [7, 11) is 1.64. The van der Waals surface area contributed by atoms with Gasteiger partial charge in [-0.25, -0.2) is 0 Å². The van der Waals surface area contributed by atoms with E-state index in [0.29, 0.717) is 13.1 Å². The van der Waals surface area contributed by atoms with Gasteiger partial charge in [-0.2, -0.15) is 0 Å². The van der Waals surface area contributed by atoms with Crippen LogP contribution in [0.4, 0.5) is 0 Å². The van der Waals surface area contributed by atoms with Crippen molar-refractivity contribution in [2.24, 2.45) is 0 Å². The molecule has 0 spiro atoms. The number of ether oxygens (including phenoxy) is 1. The highest BCUT2D eigenvalue weighted by Gasteiger charge is 2.20. The molecule has 0 aliphatic rings. The fraction of sp³-hybridized carbons (Fsp3) is 0.438. The second-order valence-electron chi connectivity index (χ2n) is 4.75. The normalized spacial score (nSPS) is 11.8. The molecule has 1 rings (SSSR count). The van der Waals surface area contributed by atoms with Gasteiger partial charge in [0, 0.05) is 18.0 Å². The maximum Gasteiger partial charge on any atom is 0.236 e. The molecule has 1 amide bonds. The van der Waals surface area contributed by atoms with Crippen LogP contribution in [0.15, 0.2) is 41.3 Å². The molecule has 0 fully saturated rings. The lowest BCUT2D eigenvalue weighted by molar-refractivity contribution is -0.129. The number of likely N-dealkylation sites (N-methyl/N-ethyl adjacent to an activating group) is 1. The molecule has 0 radical (unpaired) electrons. The Morgan fingerprint density at radius 2 is 2.00 bits per heavy atom. The lowest BCUT2D eigenvalue weighted by Gasteiger charge is -2.24. The zero-order valence-corrected chi connectivity index (χ0v) is 13.5. The molecule has 1 atom stereocenters. The molecule has 0 aliphatic heterocycles. The van der Waals surface area contributed by atoms with Crippen molar-refractivity contribution in [2.75, 3.05) is 20.2 Å². The van der Waals surface area contributed by atoms with Gasteiger partial charge in [0.15, 0.2) is 0 Å². The van der Waals surface area contributed by atoms with E-state index in [4.69, 9.17) is 4.74 Å². The molecule has 0 saturated heterocycles. The second kappa shape index (κ2) is 8.00. The number of amides is 1. The second-order valence-corrected chi connectivity index (χ2v) is 6.16. The fourth-order valence-electron chi connectivity index (χ4n) is 1.84. The molecule has 1 unspecified atom stereocenters. The first-order valence-electron chi connectivity index (χ1n) is 6.71. The molecular formula is C16H23NO2S. The monoisotopic (exact) mass is 293 g/mol. The predicted octanol–water partition coefficient (Wildman–Crippen LogP) is 3.60. The third-order valence-electron chi connectivity index (χ3n) is 2.87. The third kappa shape index (κ3) is 4.93. The highest BCUT2D eigenvalue weighted by Crippen LogP contribution is 2.26. The molecule has 20 heavy (non-hydrogen) atoms. The fourth-order valence-corrected chi connectivity index (χ4v) is 2.79. The summed E-state index contributed by atoms with van der Waals surface area (Å²) in [5.74, 6) is 0.974. The van der Waals surface area contributed by atoms with E-state index in [1.807, 2.05) is 49.9 Å². The number of benzene rings is 1. The van der Waals surface area contributed by atoms with E-state index in [9.17, 15) is 4.79 Å². The van der Waals surface area contributed by atoms with E-state index in [2.05, 4.69) is 6.58 Å². The Kier molecular flexibility index (Phi) is 6.65. The lowest BCUT2D eigenvalue weighted by Crippen LogP contribution is -2.37. The minimum atomic E-state index is -0.109. The summed E-state index contributed by atoms with van der Waals surface area (Å²) >= 11 is 1.57. The van der Waals surface area contributed by atoms with Crippen molar-refractivity contribution in [3.8, 4) is 5.75 Å². The maximum atomic E-state index is 12.4. The Morgan fingerprint density at radius 1 is 1.40 bits per heavy atom. The molecule has 1 aromatic rings. The Labute approximate surface area is 126 Å². The summed E-state index contributed by atoms with van der Waals surface area (Å²) in [6.07, 6.45) is 0. The number of rotatable bonds is 7. The molecule has 4 heteroatoms. The topological polar surface area (TPSA) is 29.5 Å². The first-order chi connectivity index (χ1) is 9.47. The molecule has 0 saturated carbocycles. The quantitative estimate of drug-likeness (QED) is 0.568. The van der Waals surface area contributed by atoms with Gasteiger partial charge in [-0.1, -0.05) is 12.2 Å². The smallest absolute Gasteiger partial charge is 0.236 e. The average Bonchev–Trinajstić information content (AvgIpc) is 2.44. The maximum absolute atomic E-state index is 12.4. The summed E-state index contributed by atoms with van der Waals surface area (Å²) in [5.41, 5.74) is 1.00. The van der Waals surface area contributed by atoms with Gasteiger partial charge in [0.2, 0.25) is 5.91 Å². The molecule has 0 aliphatic carbocycles. The lowest BCUT2D eigenvalue weighted by atomic mass is 10.3. The summed E-state index contributed by atoms with van der Waals surface area (Å²) in [6.45, 7) is 11.1. The number of nitrogens with zero attached hydrogens (tertiary/aromatic N) is 1. The highest BCUT2D eigenvalue weighted by atomic mass is 32.2. The van der Waals surface area contributed by atoms with Gasteiger partial charge in [-0.05, 0) is 45.0 Å². The van der Waals surface area contributed by atoms with Crippen molar-refractivity contribution in [2.45, 2.75) is 30.9 Å². The zero-order chi connectivity index (χ0) is 15.1. The Balaban J connectivity index is 2.65. The van der Waals surface area contributed by atoms with E-state index in [-0.39, 0.29) is 11.2 Å². The molecular weight excluding hydrogens is 270 g/mol. The van der Waals surface area contributed by atoms with Crippen LogP contribution in [0.1, 0.15) is 20.8 Å². The summed E-state index contributed by atoms with van der Waals surface area (Å²) in [5, 5.41) is -0.109. The summed E-state index contributed by atoms with van der Waals surface area (Å²) in [6, 6.07) is 7.76. The minimum absolute atomic E-state index is 0.109. The van der Waals surface area contributed by atoms with Gasteiger partial charge >= 0.3 is 0 Å². The zero-order valence-electron chi connectivity index (χ0n) is 12.7. The van der Waals surface area contributed by atoms with E-state index in [1.165, 1.54) is 0 Å². The van der Waals surface area contributed by atoms with Crippen molar-refractivity contribution in [1.29, 1.82) is 0 Å². The predicted molar refractivity (Wildman–Crippen MR) is 85.4 cm³/mol. The number of carbonyl (C=O) groups is 1. The van der Waals surface area contributed by atoms with Gasteiger partial charge < -0.3 is 9.64 Å². The Bertz CT molecular complexity index is 456. The number of thioether (sulfide) groups is 1. The van der Waals surface area contributed by atoms with Gasteiger partial charge in [0.1, 0.15) is 5.75 Å². The van der Waals surface area contributed by atoms with Crippen LogP contribution in [0, 0.1) is 0 Å². The SMILES string of the molecule is C=C(C)CN(CC)C(=O)C(C)Sc1ccc(OC)cc1. The van der Waals surface area contributed by atoms with E-state index in [1.54, 1.807) is 18.9 Å². The van der Waals surface area contributed by atoms with Gasteiger partial charge in [-0.15, -0.1) is 11.8 Å². The molecule has 110 valence electrons. The van der Waals surface area contributed by atoms with Crippen molar-refractivity contribution < 1.29 is 9.53 Å². The molecule has 0 bridgehead atoms. The summed E-state index contributed by atoms with van der Waals surface area (Å²) in [4.78, 5) is 15.3. The van der Waals surface area contributed by atoms with Crippen LogP contribution in [0.25, 0.3) is 0 Å². The largest absolute Gasteiger partial charge is 0.497 e. The molecule has 0 N–H and O–H groups in total. The molecule has 1 aromatic carbocycles. The number of hydrogen-bond donors (Lipinski definition) is 0. The highest BCUT2D eigenvalue weighted by molar-refractivity contribution is 8.00. The number of hydrogen-bond acceptors (Lipinski definition) is 3. The first kappa shape index (κ1) is 16.6. The molecule has 3 nitrogen and oxygen atoms in total. The van der Waals surface area contributed by atoms with E-state index >= 15 is 0 Å². The van der Waals surface area contributed by atoms with Crippen LogP contribution in [-0.2, 0) is 4.79 Å². The van der Waals surface area contributed by atoms with Crippen LogP contribution < -0.4 is 4.74 Å².